The quantitative estimate of drug-likeness (QED) is 0.252. The van der Waals surface area contributed by atoms with Gasteiger partial charge in [-0.05, 0) is 0 Å². The number of carbonyl (C=O) groups is 3. The molecular formula is C5H9NaO9S. The minimum atomic E-state index is -4.84. The summed E-state index contributed by atoms with van der Waals surface area (Å²) >= 11 is 0. The topological polar surface area (TPSA) is 166 Å². The van der Waals surface area contributed by atoms with Crippen LogP contribution in [0.2, 0.25) is 0 Å². The summed E-state index contributed by atoms with van der Waals surface area (Å²) in [5.74, 6) is -3.50. The van der Waals surface area contributed by atoms with E-state index in [9.17, 15) is 18.0 Å². The van der Waals surface area contributed by atoms with Crippen LogP contribution in [-0.2, 0) is 24.5 Å². The first-order valence-electron chi connectivity index (χ1n) is 3.15. The number of rotatable bonds is 4. The van der Waals surface area contributed by atoms with E-state index < -0.39 is 33.7 Å². The van der Waals surface area contributed by atoms with Gasteiger partial charge in [-0.15, -0.1) is 0 Å². The van der Waals surface area contributed by atoms with Crippen molar-refractivity contribution in [1.29, 1.82) is 0 Å². The fraction of sp³-hybridized carbons (Fsp3) is 0.400. The normalized spacial score (nSPS) is 11.1. The molecule has 0 heterocycles. The van der Waals surface area contributed by atoms with Crippen molar-refractivity contribution < 1.29 is 42.7 Å². The van der Waals surface area contributed by atoms with Crippen LogP contribution in [0.4, 0.5) is 0 Å². The molecule has 0 aliphatic carbocycles. The van der Waals surface area contributed by atoms with E-state index in [4.69, 9.17) is 24.7 Å². The molecule has 0 radical (unpaired) electrons. The van der Waals surface area contributed by atoms with Gasteiger partial charge >= 0.3 is 41.5 Å². The first kappa shape index (κ1) is 20.7. The van der Waals surface area contributed by atoms with Gasteiger partial charge in [0.25, 0.3) is 16.6 Å². The van der Waals surface area contributed by atoms with Crippen LogP contribution in [0.5, 0.6) is 0 Å². The standard InChI is InChI=1S/C4H6O7S.CH2O2.Na.H/c5-3(6)1-2(4(7)8)12(9,10)11;2-1-3;;/h2H,1H2,(H,5,6)(H,7,8)(H,9,10,11);1H,(H,2,3);;. The van der Waals surface area contributed by atoms with Crippen molar-refractivity contribution >= 4 is 58.1 Å². The summed E-state index contributed by atoms with van der Waals surface area (Å²) in [5, 5.41) is 20.8. The summed E-state index contributed by atoms with van der Waals surface area (Å²) in [5.41, 5.74) is 0. The van der Waals surface area contributed by atoms with Crippen LogP contribution < -0.4 is 0 Å². The first-order chi connectivity index (χ1) is 6.66. The van der Waals surface area contributed by atoms with Gasteiger partial charge in [-0.1, -0.05) is 0 Å². The van der Waals surface area contributed by atoms with Crippen molar-refractivity contribution in [1.82, 2.24) is 0 Å². The fourth-order valence-electron chi connectivity index (χ4n) is 0.479. The number of aliphatic carboxylic acids is 2. The number of hydrogen-bond acceptors (Lipinski definition) is 5. The van der Waals surface area contributed by atoms with Gasteiger partial charge in [0, 0.05) is 0 Å². The third-order valence-corrected chi connectivity index (χ3v) is 2.08. The van der Waals surface area contributed by atoms with Gasteiger partial charge in [0.1, 0.15) is 0 Å². The summed E-state index contributed by atoms with van der Waals surface area (Å²) in [4.78, 5) is 28.4. The van der Waals surface area contributed by atoms with Crippen LogP contribution >= 0.6 is 0 Å². The Balaban J connectivity index is -0.000000377. The zero-order chi connectivity index (χ0) is 12.6. The second-order valence-electron chi connectivity index (χ2n) is 2.05. The van der Waals surface area contributed by atoms with Crippen molar-refractivity contribution in [2.75, 3.05) is 0 Å². The zero-order valence-corrected chi connectivity index (χ0v) is 7.92. The molecule has 4 N–H and O–H groups in total. The molecule has 1 atom stereocenters. The van der Waals surface area contributed by atoms with Gasteiger partial charge < -0.3 is 15.3 Å². The average Bonchev–Trinajstić information content (AvgIpc) is 1.98. The first-order valence-corrected chi connectivity index (χ1v) is 4.65. The fourth-order valence-corrected chi connectivity index (χ4v) is 1.09. The Bertz CT molecular complexity index is 334. The molecule has 0 rings (SSSR count). The molecule has 9 nitrogen and oxygen atoms in total. The molecule has 0 saturated heterocycles. The van der Waals surface area contributed by atoms with Crippen LogP contribution in [0.25, 0.3) is 0 Å². The van der Waals surface area contributed by atoms with Gasteiger partial charge in [0.05, 0.1) is 6.42 Å². The predicted octanol–water partition coefficient (Wildman–Crippen LogP) is -2.15. The van der Waals surface area contributed by atoms with E-state index in [1.165, 1.54) is 0 Å². The van der Waals surface area contributed by atoms with E-state index in [1.807, 2.05) is 0 Å². The van der Waals surface area contributed by atoms with E-state index in [0.29, 0.717) is 0 Å². The Morgan fingerprint density at radius 3 is 1.62 bits per heavy atom. The molecule has 0 bridgehead atoms. The monoisotopic (exact) mass is 268 g/mol. The Labute approximate surface area is 112 Å². The minimum absolute atomic E-state index is 0. The van der Waals surface area contributed by atoms with Gasteiger partial charge in [-0.2, -0.15) is 8.42 Å². The van der Waals surface area contributed by atoms with Crippen molar-refractivity contribution in [3.05, 3.63) is 0 Å². The van der Waals surface area contributed by atoms with Crippen LogP contribution in [0.1, 0.15) is 6.42 Å². The molecule has 0 aromatic rings. The summed E-state index contributed by atoms with van der Waals surface area (Å²) < 4.78 is 28.7. The summed E-state index contributed by atoms with van der Waals surface area (Å²) in [6.45, 7) is -0.250. The Morgan fingerprint density at radius 1 is 1.25 bits per heavy atom. The van der Waals surface area contributed by atoms with Crippen LogP contribution in [0.3, 0.4) is 0 Å². The molecular weight excluding hydrogens is 259 g/mol. The predicted molar refractivity (Wildman–Crippen MR) is 51.1 cm³/mol. The number of carboxylic acid groups (broad SMARTS) is 3. The molecule has 0 aliphatic rings. The summed E-state index contributed by atoms with van der Waals surface area (Å²) in [7, 11) is -4.84. The molecule has 0 saturated carbocycles. The van der Waals surface area contributed by atoms with Gasteiger partial charge in [-0.25, -0.2) is 0 Å². The summed E-state index contributed by atoms with van der Waals surface area (Å²) in [6, 6.07) is 0. The molecule has 0 aliphatic heterocycles. The third-order valence-electron chi connectivity index (χ3n) is 0.995. The Kier molecular flexibility index (Phi) is 12.3. The zero-order valence-electron chi connectivity index (χ0n) is 7.10. The van der Waals surface area contributed by atoms with Gasteiger partial charge in [0.15, 0.2) is 5.25 Å². The van der Waals surface area contributed by atoms with E-state index in [-0.39, 0.29) is 36.0 Å². The SMILES string of the molecule is O=C(O)CC(C(=O)O)S(=O)(=O)O.O=CO.[NaH]. The van der Waals surface area contributed by atoms with E-state index in [2.05, 4.69) is 0 Å². The molecule has 0 aromatic carbocycles. The maximum atomic E-state index is 10.2. The third kappa shape index (κ3) is 11.4. The van der Waals surface area contributed by atoms with Gasteiger partial charge in [-0.3, -0.25) is 18.9 Å². The molecule has 0 amide bonds. The van der Waals surface area contributed by atoms with E-state index in [0.717, 1.165) is 0 Å². The molecule has 0 aromatic heterocycles. The van der Waals surface area contributed by atoms with Gasteiger partial charge in [0.2, 0.25) is 0 Å². The molecule has 16 heavy (non-hydrogen) atoms. The molecule has 0 spiro atoms. The molecule has 90 valence electrons. The molecule has 0 fully saturated rings. The Morgan fingerprint density at radius 2 is 1.56 bits per heavy atom. The van der Waals surface area contributed by atoms with E-state index >= 15 is 0 Å². The molecule has 1 unspecified atom stereocenters. The van der Waals surface area contributed by atoms with Crippen molar-refractivity contribution in [3.63, 3.8) is 0 Å². The summed E-state index contributed by atoms with van der Waals surface area (Å²) in [6.07, 6.45) is -1.16. The van der Waals surface area contributed by atoms with Crippen molar-refractivity contribution in [2.45, 2.75) is 11.7 Å². The second-order valence-corrected chi connectivity index (χ2v) is 3.64. The maximum absolute atomic E-state index is 10.2. The average molecular weight is 268 g/mol. The van der Waals surface area contributed by atoms with E-state index in [1.54, 1.807) is 0 Å². The van der Waals surface area contributed by atoms with Crippen LogP contribution in [0.15, 0.2) is 0 Å². The second kappa shape index (κ2) is 9.54. The van der Waals surface area contributed by atoms with Crippen molar-refractivity contribution in [2.24, 2.45) is 0 Å². The van der Waals surface area contributed by atoms with Crippen molar-refractivity contribution in [3.8, 4) is 0 Å². The molecule has 11 heteroatoms. The Hall–Kier alpha value is -0.680. The van der Waals surface area contributed by atoms with Crippen LogP contribution in [0, 0.1) is 0 Å². The number of hydrogen-bond donors (Lipinski definition) is 4. The number of carboxylic acids is 2. The van der Waals surface area contributed by atoms with Crippen LogP contribution in [-0.4, -0.2) is 81.5 Å².